The lowest BCUT2D eigenvalue weighted by atomic mass is 10.1. The molecule has 2 aromatic carbocycles. The number of amides is 1. The maximum atomic E-state index is 13.8. The fourth-order valence-corrected chi connectivity index (χ4v) is 3.47. The molecule has 3 rings (SSSR count). The number of nitrogens with zero attached hydrogens (tertiary/aromatic N) is 3. The van der Waals surface area contributed by atoms with Gasteiger partial charge in [0.05, 0.1) is 17.6 Å². The van der Waals surface area contributed by atoms with Crippen LogP contribution in [0.5, 0.6) is 0 Å². The summed E-state index contributed by atoms with van der Waals surface area (Å²) in [5.41, 5.74) is 2.10. The van der Waals surface area contributed by atoms with Gasteiger partial charge in [-0.05, 0) is 54.8 Å². The molecule has 0 aliphatic carbocycles. The summed E-state index contributed by atoms with van der Waals surface area (Å²) in [7, 11) is 0. The topological polar surface area (TPSA) is 38.1 Å². The fraction of sp³-hybridized carbons (Fsp3) is 0.364. The van der Waals surface area contributed by atoms with Gasteiger partial charge in [0.2, 0.25) is 0 Å². The van der Waals surface area contributed by atoms with Crippen LogP contribution in [0, 0.1) is 11.7 Å². The van der Waals surface area contributed by atoms with E-state index in [1.54, 1.807) is 35.2 Å². The number of benzene rings is 2. The van der Waals surface area contributed by atoms with Crippen molar-refractivity contribution >= 4 is 28.5 Å². The second-order valence-corrected chi connectivity index (χ2v) is 7.84. The highest BCUT2D eigenvalue weighted by molar-refractivity contribution is 6.30. The third kappa shape index (κ3) is 4.53. The molecular formula is C22H25ClFN3O. The highest BCUT2D eigenvalue weighted by Gasteiger charge is 2.21. The van der Waals surface area contributed by atoms with Gasteiger partial charge in [0.15, 0.2) is 0 Å². The van der Waals surface area contributed by atoms with E-state index < -0.39 is 0 Å². The first-order chi connectivity index (χ1) is 13.4. The lowest BCUT2D eigenvalue weighted by Crippen LogP contribution is -2.34. The SMILES string of the molecule is CCCn1c(CN(CC(C)C)C(=O)c2ccc(Cl)cc2)nc2ccc(F)cc21. The molecule has 0 fully saturated rings. The third-order valence-corrected chi connectivity index (χ3v) is 4.78. The van der Waals surface area contributed by atoms with Crippen LogP contribution < -0.4 is 0 Å². The van der Waals surface area contributed by atoms with Crippen molar-refractivity contribution < 1.29 is 9.18 Å². The zero-order valence-corrected chi connectivity index (χ0v) is 17.2. The molecule has 1 heterocycles. The molecule has 1 aromatic heterocycles. The van der Waals surface area contributed by atoms with Gasteiger partial charge in [-0.25, -0.2) is 9.37 Å². The van der Waals surface area contributed by atoms with Crippen LogP contribution >= 0.6 is 11.6 Å². The summed E-state index contributed by atoms with van der Waals surface area (Å²) in [6.45, 7) is 7.92. The minimum Gasteiger partial charge on any atom is -0.331 e. The number of hydrogen-bond acceptors (Lipinski definition) is 2. The average molecular weight is 402 g/mol. The maximum Gasteiger partial charge on any atom is 0.254 e. The third-order valence-electron chi connectivity index (χ3n) is 4.53. The Bertz CT molecular complexity index is 966. The zero-order chi connectivity index (χ0) is 20.3. The highest BCUT2D eigenvalue weighted by atomic mass is 35.5. The number of carbonyl (C=O) groups excluding carboxylic acids is 1. The Morgan fingerprint density at radius 3 is 2.57 bits per heavy atom. The lowest BCUT2D eigenvalue weighted by molar-refractivity contribution is 0.0716. The summed E-state index contributed by atoms with van der Waals surface area (Å²) in [5.74, 6) is 0.724. The van der Waals surface area contributed by atoms with E-state index in [-0.39, 0.29) is 11.7 Å². The highest BCUT2D eigenvalue weighted by Crippen LogP contribution is 2.21. The van der Waals surface area contributed by atoms with Gasteiger partial charge in [0, 0.05) is 23.7 Å². The molecule has 0 saturated carbocycles. The van der Waals surface area contributed by atoms with E-state index in [9.17, 15) is 9.18 Å². The van der Waals surface area contributed by atoms with Crippen molar-refractivity contribution in [1.82, 2.24) is 14.5 Å². The number of fused-ring (bicyclic) bond motifs is 1. The van der Waals surface area contributed by atoms with E-state index in [4.69, 9.17) is 16.6 Å². The normalized spacial score (nSPS) is 11.4. The molecule has 0 saturated heterocycles. The summed E-state index contributed by atoms with van der Waals surface area (Å²) >= 11 is 5.95. The van der Waals surface area contributed by atoms with E-state index in [2.05, 4.69) is 20.8 Å². The standard InChI is InChI=1S/C22H25ClFN3O/c1-4-11-27-20-12-18(24)9-10-19(20)25-21(27)14-26(13-15(2)3)22(28)16-5-7-17(23)8-6-16/h5-10,12,15H,4,11,13-14H2,1-3H3. The molecule has 0 aliphatic heterocycles. The molecule has 3 aromatic rings. The molecule has 0 unspecified atom stereocenters. The predicted octanol–water partition coefficient (Wildman–Crippen LogP) is 5.54. The Kier molecular flexibility index (Phi) is 6.35. The molecule has 0 aliphatic rings. The Labute approximate surface area is 169 Å². The van der Waals surface area contributed by atoms with Gasteiger partial charge in [0.25, 0.3) is 5.91 Å². The smallest absolute Gasteiger partial charge is 0.254 e. The van der Waals surface area contributed by atoms with Crippen molar-refractivity contribution in [1.29, 1.82) is 0 Å². The molecule has 1 amide bonds. The van der Waals surface area contributed by atoms with Crippen LogP contribution in [0.3, 0.4) is 0 Å². The second kappa shape index (κ2) is 8.74. The van der Waals surface area contributed by atoms with Crippen LogP contribution in [0.4, 0.5) is 4.39 Å². The number of rotatable bonds is 7. The predicted molar refractivity (Wildman–Crippen MR) is 111 cm³/mol. The lowest BCUT2D eigenvalue weighted by Gasteiger charge is -2.25. The molecule has 0 bridgehead atoms. The monoisotopic (exact) mass is 401 g/mol. The number of aryl methyl sites for hydroxylation is 1. The van der Waals surface area contributed by atoms with E-state index >= 15 is 0 Å². The summed E-state index contributed by atoms with van der Waals surface area (Å²) < 4.78 is 15.8. The van der Waals surface area contributed by atoms with E-state index in [0.717, 1.165) is 29.8 Å². The van der Waals surface area contributed by atoms with Crippen molar-refractivity contribution in [3.63, 3.8) is 0 Å². The van der Waals surface area contributed by atoms with Crippen LogP contribution in [-0.2, 0) is 13.1 Å². The van der Waals surface area contributed by atoms with Gasteiger partial charge in [-0.2, -0.15) is 0 Å². The second-order valence-electron chi connectivity index (χ2n) is 7.40. The van der Waals surface area contributed by atoms with Gasteiger partial charge in [-0.1, -0.05) is 32.4 Å². The van der Waals surface area contributed by atoms with Crippen LogP contribution in [0.15, 0.2) is 42.5 Å². The largest absolute Gasteiger partial charge is 0.331 e. The number of aromatic nitrogens is 2. The molecule has 4 nitrogen and oxygen atoms in total. The Hall–Kier alpha value is -2.40. The number of carbonyl (C=O) groups is 1. The first-order valence-electron chi connectivity index (χ1n) is 9.58. The van der Waals surface area contributed by atoms with E-state index in [1.165, 1.54) is 12.1 Å². The van der Waals surface area contributed by atoms with Gasteiger partial charge in [0.1, 0.15) is 11.6 Å². The zero-order valence-electron chi connectivity index (χ0n) is 16.5. The van der Waals surface area contributed by atoms with Crippen molar-refractivity contribution in [2.24, 2.45) is 5.92 Å². The maximum absolute atomic E-state index is 13.8. The van der Waals surface area contributed by atoms with Crippen molar-refractivity contribution in [2.45, 2.75) is 40.3 Å². The summed E-state index contributed by atoms with van der Waals surface area (Å²) in [4.78, 5) is 19.6. The summed E-state index contributed by atoms with van der Waals surface area (Å²) in [6.07, 6.45) is 0.893. The minimum atomic E-state index is -0.285. The van der Waals surface area contributed by atoms with Gasteiger partial charge >= 0.3 is 0 Å². The number of imidazole rings is 1. The summed E-state index contributed by atoms with van der Waals surface area (Å²) in [5, 5.41) is 0.596. The molecular weight excluding hydrogens is 377 g/mol. The summed E-state index contributed by atoms with van der Waals surface area (Å²) in [6, 6.07) is 11.5. The van der Waals surface area contributed by atoms with Crippen LogP contribution in [0.2, 0.25) is 5.02 Å². The van der Waals surface area contributed by atoms with Gasteiger partial charge in [-0.3, -0.25) is 4.79 Å². The Morgan fingerprint density at radius 2 is 1.93 bits per heavy atom. The quantitative estimate of drug-likeness (QED) is 0.521. The van der Waals surface area contributed by atoms with Gasteiger partial charge in [-0.15, -0.1) is 0 Å². The molecule has 0 spiro atoms. The Morgan fingerprint density at radius 1 is 1.21 bits per heavy atom. The molecule has 0 N–H and O–H groups in total. The number of halogens is 2. The number of hydrogen-bond donors (Lipinski definition) is 0. The van der Waals surface area contributed by atoms with E-state index in [0.29, 0.717) is 29.6 Å². The van der Waals surface area contributed by atoms with Crippen molar-refractivity contribution in [2.75, 3.05) is 6.54 Å². The molecule has 0 atom stereocenters. The fourth-order valence-electron chi connectivity index (χ4n) is 3.35. The van der Waals surface area contributed by atoms with Crippen LogP contribution in [0.25, 0.3) is 11.0 Å². The Balaban J connectivity index is 1.97. The van der Waals surface area contributed by atoms with Crippen molar-refractivity contribution in [3.05, 3.63) is 64.7 Å². The van der Waals surface area contributed by atoms with Gasteiger partial charge < -0.3 is 9.47 Å². The molecule has 0 radical (unpaired) electrons. The minimum absolute atomic E-state index is 0.0633. The van der Waals surface area contributed by atoms with Crippen molar-refractivity contribution in [3.8, 4) is 0 Å². The van der Waals surface area contributed by atoms with E-state index in [1.807, 2.05) is 4.57 Å². The molecule has 6 heteroatoms. The molecule has 28 heavy (non-hydrogen) atoms. The molecule has 148 valence electrons. The first-order valence-corrected chi connectivity index (χ1v) is 9.96. The van der Waals surface area contributed by atoms with Crippen LogP contribution in [-0.4, -0.2) is 26.9 Å². The first kappa shape index (κ1) is 20.3. The van der Waals surface area contributed by atoms with Crippen LogP contribution in [0.1, 0.15) is 43.4 Å². The average Bonchev–Trinajstić information content (AvgIpc) is 2.98.